The van der Waals surface area contributed by atoms with Gasteiger partial charge in [-0.3, -0.25) is 9.55 Å². The first kappa shape index (κ1) is 15.6. The highest BCUT2D eigenvalue weighted by molar-refractivity contribution is 7.98. The first-order chi connectivity index (χ1) is 11.8. The fourth-order valence-corrected chi connectivity index (χ4v) is 4.78. The van der Waals surface area contributed by atoms with Gasteiger partial charge in [-0.15, -0.1) is 23.1 Å². The van der Waals surface area contributed by atoms with E-state index in [1.54, 1.807) is 35.5 Å². The van der Waals surface area contributed by atoms with Crippen LogP contribution in [0, 0.1) is 0 Å². The Balaban J connectivity index is 1.63. The molecule has 0 N–H and O–H groups in total. The molecule has 24 heavy (non-hydrogen) atoms. The summed E-state index contributed by atoms with van der Waals surface area (Å²) in [5.74, 6) is 0.816. The summed E-state index contributed by atoms with van der Waals surface area (Å²) in [4.78, 5) is 22.2. The van der Waals surface area contributed by atoms with E-state index in [4.69, 9.17) is 0 Å². The molecule has 0 aliphatic heterocycles. The first-order valence-corrected chi connectivity index (χ1v) is 9.84. The molecule has 0 fully saturated rings. The summed E-state index contributed by atoms with van der Waals surface area (Å²) < 4.78 is 1.87. The van der Waals surface area contributed by atoms with Gasteiger partial charge in [-0.2, -0.15) is 4.98 Å². The molecule has 0 saturated carbocycles. The molecule has 0 radical (unpaired) electrons. The fraction of sp³-hybridized carbons (Fsp3) is 0.278. The minimum atomic E-state index is -0.124. The number of nitrogens with zero attached hydrogens (tertiary/aromatic N) is 3. The van der Waals surface area contributed by atoms with E-state index in [1.807, 2.05) is 28.1 Å². The number of pyridine rings is 1. The molecule has 0 aromatic carbocycles. The van der Waals surface area contributed by atoms with Crippen LogP contribution < -0.4 is 5.69 Å². The van der Waals surface area contributed by atoms with E-state index in [-0.39, 0.29) is 5.69 Å². The third-order valence-electron chi connectivity index (χ3n) is 4.22. The van der Waals surface area contributed by atoms with Crippen LogP contribution in [0.5, 0.6) is 0 Å². The van der Waals surface area contributed by atoms with Gasteiger partial charge in [0.2, 0.25) is 0 Å². The highest BCUT2D eigenvalue weighted by Gasteiger charge is 2.22. The Hall–Kier alpha value is -1.92. The minimum Gasteiger partial charge on any atom is -0.291 e. The average molecular weight is 355 g/mol. The quantitative estimate of drug-likeness (QED) is 0.519. The van der Waals surface area contributed by atoms with Crippen molar-refractivity contribution in [3.63, 3.8) is 0 Å². The van der Waals surface area contributed by atoms with Crippen molar-refractivity contribution in [3.05, 3.63) is 74.2 Å². The highest BCUT2D eigenvalue weighted by Crippen LogP contribution is 2.31. The summed E-state index contributed by atoms with van der Waals surface area (Å²) in [6.07, 6.45) is 6.69. The second-order valence-corrected chi connectivity index (χ2v) is 7.78. The Morgan fingerprint density at radius 2 is 2.08 bits per heavy atom. The van der Waals surface area contributed by atoms with E-state index >= 15 is 0 Å². The third kappa shape index (κ3) is 3.16. The lowest BCUT2D eigenvalue weighted by Gasteiger charge is -2.13. The molecular weight excluding hydrogens is 338 g/mol. The highest BCUT2D eigenvalue weighted by atomic mass is 32.2. The van der Waals surface area contributed by atoms with Crippen molar-refractivity contribution < 1.29 is 0 Å². The molecule has 0 unspecified atom stereocenters. The molecule has 3 aromatic rings. The Bertz CT molecular complexity index is 889. The molecule has 0 spiro atoms. The molecule has 6 heteroatoms. The van der Waals surface area contributed by atoms with Crippen LogP contribution in [0.2, 0.25) is 0 Å². The number of fused-ring (bicyclic) bond motifs is 1. The van der Waals surface area contributed by atoms with Crippen LogP contribution in [-0.4, -0.2) is 14.5 Å². The standard InChI is InChI=1S/C18H17N3OS2/c22-18-20-17(24-12-13-6-8-19-9-7-13)15-4-1-5-16(15)21(18)11-14-3-2-10-23-14/h2-3,6-10H,1,4-5,11-12H2. The Morgan fingerprint density at radius 1 is 1.21 bits per heavy atom. The second-order valence-electron chi connectivity index (χ2n) is 5.79. The molecular formula is C18H17N3OS2. The van der Waals surface area contributed by atoms with Gasteiger partial charge in [-0.25, -0.2) is 4.79 Å². The Morgan fingerprint density at radius 3 is 2.88 bits per heavy atom. The first-order valence-electron chi connectivity index (χ1n) is 7.98. The van der Waals surface area contributed by atoms with Crippen LogP contribution in [-0.2, 0) is 25.1 Å². The summed E-state index contributed by atoms with van der Waals surface area (Å²) in [7, 11) is 0. The van der Waals surface area contributed by atoms with Gasteiger partial charge in [0.25, 0.3) is 0 Å². The van der Waals surface area contributed by atoms with Crippen LogP contribution >= 0.6 is 23.1 Å². The van der Waals surface area contributed by atoms with E-state index in [0.29, 0.717) is 6.54 Å². The van der Waals surface area contributed by atoms with Crippen LogP contribution in [0.4, 0.5) is 0 Å². The van der Waals surface area contributed by atoms with E-state index in [9.17, 15) is 4.79 Å². The average Bonchev–Trinajstić information content (AvgIpc) is 3.28. The van der Waals surface area contributed by atoms with Crippen molar-refractivity contribution in [2.75, 3.05) is 0 Å². The van der Waals surface area contributed by atoms with E-state index in [1.165, 1.54) is 21.7 Å². The lowest BCUT2D eigenvalue weighted by atomic mass is 10.2. The van der Waals surface area contributed by atoms with E-state index in [0.717, 1.165) is 30.0 Å². The zero-order valence-corrected chi connectivity index (χ0v) is 14.8. The lowest BCUT2D eigenvalue weighted by Crippen LogP contribution is -2.27. The molecule has 3 heterocycles. The van der Waals surface area contributed by atoms with Gasteiger partial charge in [0, 0.05) is 34.3 Å². The van der Waals surface area contributed by atoms with Gasteiger partial charge < -0.3 is 0 Å². The van der Waals surface area contributed by atoms with Crippen molar-refractivity contribution in [3.8, 4) is 0 Å². The zero-order valence-electron chi connectivity index (χ0n) is 13.1. The van der Waals surface area contributed by atoms with Gasteiger partial charge >= 0.3 is 5.69 Å². The van der Waals surface area contributed by atoms with E-state index < -0.39 is 0 Å². The molecule has 0 amide bonds. The van der Waals surface area contributed by atoms with Crippen molar-refractivity contribution in [1.29, 1.82) is 0 Å². The third-order valence-corrected chi connectivity index (χ3v) is 6.17. The molecule has 0 saturated heterocycles. The molecule has 4 nitrogen and oxygen atoms in total. The van der Waals surface area contributed by atoms with Crippen molar-refractivity contribution >= 4 is 23.1 Å². The zero-order chi connectivity index (χ0) is 16.4. The van der Waals surface area contributed by atoms with Crippen LogP contribution in [0.3, 0.4) is 0 Å². The molecule has 3 aromatic heterocycles. The lowest BCUT2D eigenvalue weighted by molar-refractivity contribution is 0.673. The molecule has 1 aliphatic rings. The molecule has 4 rings (SSSR count). The molecule has 1 aliphatic carbocycles. The SMILES string of the molecule is O=c1nc(SCc2ccncc2)c2c(n1Cc1cccs1)CCC2. The fourth-order valence-electron chi connectivity index (χ4n) is 3.06. The number of thiophene rings is 1. The molecule has 0 bridgehead atoms. The van der Waals surface area contributed by atoms with Gasteiger partial charge in [-0.1, -0.05) is 6.07 Å². The van der Waals surface area contributed by atoms with Gasteiger partial charge in [0.1, 0.15) is 5.03 Å². The molecule has 122 valence electrons. The number of hydrogen-bond donors (Lipinski definition) is 0. The summed E-state index contributed by atoms with van der Waals surface area (Å²) in [6, 6.07) is 8.11. The summed E-state index contributed by atoms with van der Waals surface area (Å²) in [6.45, 7) is 0.640. The topological polar surface area (TPSA) is 47.8 Å². The Labute approximate surface area is 148 Å². The van der Waals surface area contributed by atoms with Crippen molar-refractivity contribution in [2.45, 2.75) is 36.6 Å². The Kier molecular flexibility index (Phi) is 4.49. The summed E-state index contributed by atoms with van der Waals surface area (Å²) in [5, 5.41) is 2.96. The molecule has 0 atom stereocenters. The van der Waals surface area contributed by atoms with Crippen LogP contribution in [0.1, 0.15) is 28.1 Å². The van der Waals surface area contributed by atoms with Crippen LogP contribution in [0.25, 0.3) is 0 Å². The largest absolute Gasteiger partial charge is 0.349 e. The maximum absolute atomic E-state index is 12.6. The van der Waals surface area contributed by atoms with Gasteiger partial charge in [-0.05, 0) is 48.4 Å². The van der Waals surface area contributed by atoms with Gasteiger partial charge in [0.15, 0.2) is 0 Å². The van der Waals surface area contributed by atoms with Crippen molar-refractivity contribution in [1.82, 2.24) is 14.5 Å². The number of hydrogen-bond acceptors (Lipinski definition) is 5. The summed E-state index contributed by atoms with van der Waals surface area (Å²) in [5.41, 5.74) is 3.53. The van der Waals surface area contributed by atoms with Gasteiger partial charge in [0.05, 0.1) is 6.54 Å². The maximum Gasteiger partial charge on any atom is 0.349 e. The van der Waals surface area contributed by atoms with Crippen molar-refractivity contribution in [2.24, 2.45) is 0 Å². The minimum absolute atomic E-state index is 0.124. The number of rotatable bonds is 5. The second kappa shape index (κ2) is 6.91. The van der Waals surface area contributed by atoms with E-state index in [2.05, 4.69) is 16.0 Å². The normalized spacial score (nSPS) is 13.2. The monoisotopic (exact) mass is 355 g/mol. The predicted molar refractivity (Wildman–Crippen MR) is 97.7 cm³/mol. The smallest absolute Gasteiger partial charge is 0.291 e. The number of thioether (sulfide) groups is 1. The van der Waals surface area contributed by atoms with Crippen LogP contribution in [0.15, 0.2) is 51.9 Å². The maximum atomic E-state index is 12.6. The summed E-state index contributed by atoms with van der Waals surface area (Å²) >= 11 is 3.35. The predicted octanol–water partition coefficient (Wildman–Crippen LogP) is 3.53. The number of aromatic nitrogens is 3.